The van der Waals surface area contributed by atoms with Gasteiger partial charge in [-0.05, 0) is 55.7 Å². The summed E-state index contributed by atoms with van der Waals surface area (Å²) in [6.45, 7) is 11.9. The zero-order valence-electron chi connectivity index (χ0n) is 12.8. The Kier molecular flexibility index (Phi) is 4.46. The second-order valence-electron chi connectivity index (χ2n) is 6.22. The van der Waals surface area contributed by atoms with Crippen molar-refractivity contribution in [2.24, 2.45) is 5.41 Å². The lowest BCUT2D eigenvalue weighted by atomic mass is 9.64. The van der Waals surface area contributed by atoms with E-state index in [0.29, 0.717) is 12.0 Å². The van der Waals surface area contributed by atoms with Gasteiger partial charge in [-0.3, -0.25) is 0 Å². The molecule has 0 heterocycles. The number of hydrogen-bond acceptors (Lipinski definition) is 0. The third kappa shape index (κ3) is 3.31. The second kappa shape index (κ2) is 5.97. The monoisotopic (exact) mass is 288 g/mol. The molecule has 0 bridgehead atoms. The molecular formula is C19H22F2. The molecule has 0 amide bonds. The van der Waals surface area contributed by atoms with Crippen molar-refractivity contribution >= 4 is 0 Å². The maximum Gasteiger partial charge on any atom is 0.162 e. The fourth-order valence-corrected chi connectivity index (χ4v) is 2.98. The van der Waals surface area contributed by atoms with Crippen molar-refractivity contribution in [1.82, 2.24) is 0 Å². The van der Waals surface area contributed by atoms with Crippen LogP contribution in [0.1, 0.15) is 38.7 Å². The Morgan fingerprint density at radius 3 is 2.29 bits per heavy atom. The normalized spacial score (nSPS) is 16.0. The van der Waals surface area contributed by atoms with E-state index < -0.39 is 11.6 Å². The Hall–Kier alpha value is -1.70. The van der Waals surface area contributed by atoms with E-state index in [1.165, 1.54) is 0 Å². The van der Waals surface area contributed by atoms with Crippen LogP contribution in [0.25, 0.3) is 0 Å². The van der Waals surface area contributed by atoms with Crippen LogP contribution in [0.4, 0.5) is 8.78 Å². The molecule has 0 saturated heterocycles. The van der Waals surface area contributed by atoms with Crippen LogP contribution in [-0.4, -0.2) is 0 Å². The highest BCUT2D eigenvalue weighted by atomic mass is 19.2. The number of allylic oxidation sites excluding steroid dienone is 4. The first-order valence-electron chi connectivity index (χ1n) is 7.32. The van der Waals surface area contributed by atoms with Gasteiger partial charge >= 0.3 is 0 Å². The molecule has 1 aliphatic rings. The molecule has 1 fully saturated rings. The molecule has 0 aliphatic heterocycles. The van der Waals surface area contributed by atoms with Crippen LogP contribution in [0.3, 0.4) is 0 Å². The molecule has 0 radical (unpaired) electrons. The van der Waals surface area contributed by atoms with E-state index in [2.05, 4.69) is 19.2 Å². The number of benzene rings is 1. The predicted molar refractivity (Wildman–Crippen MR) is 84.1 cm³/mol. The van der Waals surface area contributed by atoms with E-state index in [0.717, 1.165) is 42.0 Å². The zero-order chi connectivity index (χ0) is 15.6. The molecule has 1 aliphatic carbocycles. The second-order valence-corrected chi connectivity index (χ2v) is 6.22. The summed E-state index contributed by atoms with van der Waals surface area (Å²) in [5.41, 5.74) is 3.34. The summed E-state index contributed by atoms with van der Waals surface area (Å²) < 4.78 is 27.3. The topological polar surface area (TPSA) is 0 Å². The molecule has 0 unspecified atom stereocenters. The summed E-state index contributed by atoms with van der Waals surface area (Å²) in [4.78, 5) is 0. The van der Waals surface area contributed by atoms with Crippen LogP contribution < -0.4 is 0 Å². The Balaban J connectivity index is 2.34. The molecule has 1 aromatic rings. The van der Waals surface area contributed by atoms with Gasteiger partial charge in [0.2, 0.25) is 0 Å². The number of rotatable bonds is 5. The number of halogens is 2. The molecule has 2 rings (SSSR count). The van der Waals surface area contributed by atoms with Crippen molar-refractivity contribution in [2.75, 3.05) is 0 Å². The Morgan fingerprint density at radius 1 is 1.19 bits per heavy atom. The van der Waals surface area contributed by atoms with Crippen molar-refractivity contribution < 1.29 is 8.78 Å². The van der Waals surface area contributed by atoms with Crippen molar-refractivity contribution in [2.45, 2.75) is 39.5 Å². The Bertz CT molecular complexity index is 588. The molecular weight excluding hydrogens is 266 g/mol. The predicted octanol–water partition coefficient (Wildman–Crippen LogP) is 5.76. The van der Waals surface area contributed by atoms with Gasteiger partial charge in [0.25, 0.3) is 0 Å². The minimum Gasteiger partial charge on any atom is -0.204 e. The van der Waals surface area contributed by atoms with Crippen LogP contribution in [0.5, 0.6) is 0 Å². The average Bonchev–Trinajstić information content (AvgIpc) is 2.36. The van der Waals surface area contributed by atoms with Gasteiger partial charge in [0.1, 0.15) is 0 Å². The first-order chi connectivity index (χ1) is 9.84. The van der Waals surface area contributed by atoms with Crippen molar-refractivity contribution in [3.05, 3.63) is 71.4 Å². The molecule has 0 nitrogen and oxygen atoms in total. The number of hydrogen-bond donors (Lipinski definition) is 0. The largest absolute Gasteiger partial charge is 0.204 e. The maximum atomic E-state index is 13.9. The van der Waals surface area contributed by atoms with Gasteiger partial charge in [-0.1, -0.05) is 48.9 Å². The molecule has 0 N–H and O–H groups in total. The van der Waals surface area contributed by atoms with E-state index in [9.17, 15) is 8.78 Å². The Morgan fingerprint density at radius 2 is 1.81 bits per heavy atom. The minimum absolute atomic E-state index is 0.0954. The summed E-state index contributed by atoms with van der Waals surface area (Å²) >= 11 is 0. The van der Waals surface area contributed by atoms with Gasteiger partial charge in [0.15, 0.2) is 11.6 Å². The standard InChI is InChI=1S/C19H22F2/c1-13(2)16(14(3)4)12-19(9-6-10-19)11-15-7-5-8-17(20)18(15)21/h5,7-8,12H,1,3,6,9-11H2,2,4H3. The fourth-order valence-electron chi connectivity index (χ4n) is 2.98. The van der Waals surface area contributed by atoms with Crippen LogP contribution in [0.2, 0.25) is 0 Å². The quantitative estimate of drug-likeness (QED) is 0.605. The van der Waals surface area contributed by atoms with Gasteiger partial charge in [-0.25, -0.2) is 8.78 Å². The molecule has 112 valence electrons. The van der Waals surface area contributed by atoms with Crippen molar-refractivity contribution in [3.63, 3.8) is 0 Å². The summed E-state index contributed by atoms with van der Waals surface area (Å²) in [6, 6.07) is 4.41. The molecule has 21 heavy (non-hydrogen) atoms. The van der Waals surface area contributed by atoms with E-state index in [-0.39, 0.29) is 5.41 Å². The van der Waals surface area contributed by atoms with E-state index in [1.807, 2.05) is 13.8 Å². The lowest BCUT2D eigenvalue weighted by molar-refractivity contribution is 0.200. The van der Waals surface area contributed by atoms with Gasteiger partial charge < -0.3 is 0 Å². The molecule has 1 aromatic carbocycles. The Labute approximate surface area is 125 Å². The highest BCUT2D eigenvalue weighted by Crippen LogP contribution is 2.47. The van der Waals surface area contributed by atoms with Gasteiger partial charge in [0.05, 0.1) is 0 Å². The average molecular weight is 288 g/mol. The minimum atomic E-state index is -0.772. The molecule has 0 aromatic heterocycles. The van der Waals surface area contributed by atoms with Crippen LogP contribution >= 0.6 is 0 Å². The van der Waals surface area contributed by atoms with Crippen LogP contribution in [0, 0.1) is 17.0 Å². The first kappa shape index (κ1) is 15.7. The summed E-state index contributed by atoms with van der Waals surface area (Å²) in [6.07, 6.45) is 5.80. The maximum absolute atomic E-state index is 13.9. The lowest BCUT2D eigenvalue weighted by Gasteiger charge is -2.40. The van der Waals surface area contributed by atoms with Gasteiger partial charge in [0, 0.05) is 0 Å². The fraction of sp³-hybridized carbons (Fsp3) is 0.368. The first-order valence-corrected chi connectivity index (χ1v) is 7.32. The highest BCUT2D eigenvalue weighted by molar-refractivity contribution is 5.43. The van der Waals surface area contributed by atoms with Crippen molar-refractivity contribution in [1.29, 1.82) is 0 Å². The van der Waals surface area contributed by atoms with E-state index >= 15 is 0 Å². The van der Waals surface area contributed by atoms with E-state index in [4.69, 9.17) is 0 Å². The van der Waals surface area contributed by atoms with Crippen molar-refractivity contribution in [3.8, 4) is 0 Å². The van der Waals surface area contributed by atoms with E-state index in [1.54, 1.807) is 12.1 Å². The lowest BCUT2D eigenvalue weighted by Crippen LogP contribution is -2.30. The van der Waals surface area contributed by atoms with Gasteiger partial charge in [-0.2, -0.15) is 0 Å². The molecule has 0 atom stereocenters. The summed E-state index contributed by atoms with van der Waals surface area (Å²) in [5.74, 6) is -1.49. The third-order valence-corrected chi connectivity index (χ3v) is 4.29. The van der Waals surface area contributed by atoms with Crippen LogP contribution in [-0.2, 0) is 6.42 Å². The summed E-state index contributed by atoms with van der Waals surface area (Å²) in [7, 11) is 0. The molecule has 0 spiro atoms. The van der Waals surface area contributed by atoms with Gasteiger partial charge in [-0.15, -0.1) is 0 Å². The third-order valence-electron chi connectivity index (χ3n) is 4.29. The highest BCUT2D eigenvalue weighted by Gasteiger charge is 2.36. The molecule has 2 heteroatoms. The van der Waals surface area contributed by atoms with Crippen LogP contribution in [0.15, 0.2) is 54.2 Å². The summed E-state index contributed by atoms with van der Waals surface area (Å²) in [5, 5.41) is 0. The SMILES string of the molecule is C=C(C)C(=CC1(Cc2cccc(F)c2F)CCC1)C(=C)C. The smallest absolute Gasteiger partial charge is 0.162 e. The zero-order valence-corrected chi connectivity index (χ0v) is 12.8. The molecule has 1 saturated carbocycles.